The summed E-state index contributed by atoms with van der Waals surface area (Å²) in [6.45, 7) is 2.19. The maximum Gasteiger partial charge on any atom is 0.329 e. The van der Waals surface area contributed by atoms with Crippen molar-refractivity contribution >= 4 is 39.1 Å². The van der Waals surface area contributed by atoms with Gasteiger partial charge in [-0.1, -0.05) is 12.1 Å². The Labute approximate surface area is 127 Å². The number of H-pyrrole nitrogens is 1. The summed E-state index contributed by atoms with van der Waals surface area (Å²) in [5, 5.41) is 0. The molecular weight excluding hydrogens is 308 g/mol. The lowest BCUT2D eigenvalue weighted by Gasteiger charge is -2.08. The van der Waals surface area contributed by atoms with Crippen LogP contribution in [-0.2, 0) is 6.54 Å². The van der Waals surface area contributed by atoms with Crippen LogP contribution in [0.5, 0.6) is 0 Å². The molecule has 0 aliphatic rings. The largest absolute Gasteiger partial charge is 0.384 e. The van der Waals surface area contributed by atoms with E-state index in [9.17, 15) is 9.59 Å². The monoisotopic (exact) mass is 320 g/mol. The number of nitrogens with one attached hydrogen (secondary N) is 1. The number of hydrogen-bond donors (Lipinski definition) is 2. The maximum absolute atomic E-state index is 12.0. The number of thiazole rings is 1. The van der Waals surface area contributed by atoms with Gasteiger partial charge in [-0.2, -0.15) is 0 Å². The molecule has 0 fully saturated rings. The molecule has 6 nitrogen and oxygen atoms in total. The van der Waals surface area contributed by atoms with E-state index in [1.54, 1.807) is 6.92 Å². The first kappa shape index (κ1) is 13.9. The second-order valence-corrected chi connectivity index (χ2v) is 6.56. The van der Waals surface area contributed by atoms with Gasteiger partial charge in [0.1, 0.15) is 10.7 Å². The van der Waals surface area contributed by atoms with Crippen LogP contribution >= 0.6 is 23.1 Å². The van der Waals surface area contributed by atoms with Crippen molar-refractivity contribution in [3.8, 4) is 0 Å². The molecule has 0 atom stereocenters. The fourth-order valence-corrected chi connectivity index (χ4v) is 4.02. The Bertz CT molecular complexity index is 893. The normalized spacial score (nSPS) is 11.1. The summed E-state index contributed by atoms with van der Waals surface area (Å²) in [5.41, 5.74) is 5.84. The molecule has 0 spiro atoms. The highest BCUT2D eigenvalue weighted by atomic mass is 32.2. The smallest absolute Gasteiger partial charge is 0.329 e. The van der Waals surface area contributed by atoms with Crippen molar-refractivity contribution in [2.75, 3.05) is 5.73 Å². The highest BCUT2D eigenvalue weighted by molar-refractivity contribution is 8.01. The first-order valence-corrected chi connectivity index (χ1v) is 7.89. The Morgan fingerprint density at radius 1 is 1.38 bits per heavy atom. The van der Waals surface area contributed by atoms with Gasteiger partial charge >= 0.3 is 5.69 Å². The molecule has 0 bridgehead atoms. The summed E-state index contributed by atoms with van der Waals surface area (Å²) in [6.07, 6.45) is 0. The zero-order valence-electron chi connectivity index (χ0n) is 11.1. The third-order valence-electron chi connectivity index (χ3n) is 2.98. The predicted molar refractivity (Wildman–Crippen MR) is 85.2 cm³/mol. The number of nitrogens with two attached hydrogens (primary N) is 1. The summed E-state index contributed by atoms with van der Waals surface area (Å²) in [5.74, 6) is 0.176. The molecular formula is C13H12N4O2S2. The van der Waals surface area contributed by atoms with Gasteiger partial charge in [0.25, 0.3) is 5.56 Å². The van der Waals surface area contributed by atoms with Crippen LogP contribution in [0.3, 0.4) is 0 Å². The Balaban J connectivity index is 2.09. The topological polar surface area (TPSA) is 93.8 Å². The SMILES string of the molecule is CCn1c(N)c(Sc2nc3ccccc3s2)c(=O)[nH]c1=O. The molecule has 0 saturated heterocycles. The molecule has 108 valence electrons. The molecule has 3 rings (SSSR count). The van der Waals surface area contributed by atoms with Crippen LogP contribution in [0.1, 0.15) is 6.92 Å². The van der Waals surface area contributed by atoms with E-state index in [4.69, 9.17) is 5.73 Å². The lowest BCUT2D eigenvalue weighted by Crippen LogP contribution is -2.32. The first-order valence-electron chi connectivity index (χ1n) is 6.26. The zero-order chi connectivity index (χ0) is 15.0. The average Bonchev–Trinajstić information content (AvgIpc) is 2.86. The summed E-state index contributed by atoms with van der Waals surface area (Å²) in [4.78, 5) is 30.6. The van der Waals surface area contributed by atoms with Crippen molar-refractivity contribution in [3.05, 3.63) is 45.1 Å². The van der Waals surface area contributed by atoms with E-state index >= 15 is 0 Å². The number of nitrogen functional groups attached to an aromatic ring is 1. The van der Waals surface area contributed by atoms with Gasteiger partial charge in [0.05, 0.1) is 10.2 Å². The molecule has 0 radical (unpaired) electrons. The van der Waals surface area contributed by atoms with Gasteiger partial charge in [0.15, 0.2) is 4.34 Å². The molecule has 2 aromatic heterocycles. The van der Waals surface area contributed by atoms with E-state index in [1.165, 1.54) is 27.7 Å². The summed E-state index contributed by atoms with van der Waals surface area (Å²) >= 11 is 2.67. The van der Waals surface area contributed by atoms with Gasteiger partial charge < -0.3 is 5.73 Å². The van der Waals surface area contributed by atoms with Crippen molar-refractivity contribution in [2.45, 2.75) is 22.7 Å². The van der Waals surface area contributed by atoms with E-state index in [0.717, 1.165) is 14.6 Å². The van der Waals surface area contributed by atoms with Crippen molar-refractivity contribution in [1.29, 1.82) is 0 Å². The number of benzene rings is 1. The van der Waals surface area contributed by atoms with Crippen molar-refractivity contribution in [1.82, 2.24) is 14.5 Å². The number of fused-ring (bicyclic) bond motifs is 1. The van der Waals surface area contributed by atoms with Crippen LogP contribution in [0.15, 0.2) is 43.1 Å². The number of anilines is 1. The minimum absolute atomic E-state index is 0.176. The van der Waals surface area contributed by atoms with E-state index < -0.39 is 11.2 Å². The Kier molecular flexibility index (Phi) is 3.56. The lowest BCUT2D eigenvalue weighted by atomic mass is 10.3. The molecule has 0 aliphatic carbocycles. The van der Waals surface area contributed by atoms with Gasteiger partial charge in [-0.25, -0.2) is 9.78 Å². The Morgan fingerprint density at radius 3 is 2.86 bits per heavy atom. The number of aromatic nitrogens is 3. The van der Waals surface area contributed by atoms with E-state index in [0.29, 0.717) is 11.4 Å². The molecule has 0 amide bonds. The molecule has 8 heteroatoms. The van der Waals surface area contributed by atoms with Crippen molar-refractivity contribution in [2.24, 2.45) is 0 Å². The third-order valence-corrected chi connectivity index (χ3v) is 5.17. The molecule has 0 unspecified atom stereocenters. The maximum atomic E-state index is 12.0. The van der Waals surface area contributed by atoms with Gasteiger partial charge in [0, 0.05) is 6.54 Å². The van der Waals surface area contributed by atoms with Gasteiger partial charge in [-0.05, 0) is 30.8 Å². The first-order chi connectivity index (χ1) is 10.1. The molecule has 1 aromatic carbocycles. The second kappa shape index (κ2) is 5.38. The van der Waals surface area contributed by atoms with E-state index in [-0.39, 0.29) is 5.82 Å². The second-order valence-electron chi connectivity index (χ2n) is 4.27. The number of rotatable bonds is 3. The van der Waals surface area contributed by atoms with Crippen molar-refractivity contribution in [3.63, 3.8) is 0 Å². The number of para-hydroxylation sites is 1. The third kappa shape index (κ3) is 2.47. The number of hydrogen-bond acceptors (Lipinski definition) is 6. The molecule has 3 N–H and O–H groups in total. The van der Waals surface area contributed by atoms with Gasteiger partial charge in [-0.3, -0.25) is 14.3 Å². The highest BCUT2D eigenvalue weighted by Crippen LogP contribution is 2.34. The summed E-state index contributed by atoms with van der Waals surface area (Å²) < 4.78 is 3.09. The van der Waals surface area contributed by atoms with Crippen LogP contribution in [0, 0.1) is 0 Å². The van der Waals surface area contributed by atoms with Crippen LogP contribution in [0.4, 0.5) is 5.82 Å². The van der Waals surface area contributed by atoms with Crippen LogP contribution in [0.25, 0.3) is 10.2 Å². The molecule has 0 aliphatic heterocycles. The van der Waals surface area contributed by atoms with Crippen LogP contribution < -0.4 is 17.0 Å². The minimum Gasteiger partial charge on any atom is -0.384 e. The standard InChI is InChI=1S/C13H12N4O2S2/c1-2-17-10(14)9(11(18)16-12(17)19)21-13-15-7-5-3-4-6-8(7)20-13/h3-6H,2,14H2,1H3,(H,16,18,19). The minimum atomic E-state index is -0.492. The van der Waals surface area contributed by atoms with Crippen LogP contribution in [0.2, 0.25) is 0 Å². The summed E-state index contributed by atoms with van der Waals surface area (Å²) in [7, 11) is 0. The van der Waals surface area contributed by atoms with Crippen LogP contribution in [-0.4, -0.2) is 14.5 Å². The zero-order valence-corrected chi connectivity index (χ0v) is 12.8. The van der Waals surface area contributed by atoms with Gasteiger partial charge in [-0.15, -0.1) is 11.3 Å². The molecule has 21 heavy (non-hydrogen) atoms. The average molecular weight is 320 g/mol. The Morgan fingerprint density at radius 2 is 2.14 bits per heavy atom. The predicted octanol–water partition coefficient (Wildman–Crippen LogP) is 1.90. The van der Waals surface area contributed by atoms with Gasteiger partial charge in [0.2, 0.25) is 0 Å². The number of nitrogens with zero attached hydrogens (tertiary/aromatic N) is 2. The highest BCUT2D eigenvalue weighted by Gasteiger charge is 2.15. The molecule has 0 saturated carbocycles. The lowest BCUT2D eigenvalue weighted by molar-refractivity contribution is 0.690. The quantitative estimate of drug-likeness (QED) is 0.768. The van der Waals surface area contributed by atoms with E-state index in [1.807, 2.05) is 24.3 Å². The fraction of sp³-hybridized carbons (Fsp3) is 0.154. The fourth-order valence-electron chi connectivity index (χ4n) is 1.96. The Hall–Kier alpha value is -2.06. The van der Waals surface area contributed by atoms with Crippen molar-refractivity contribution < 1.29 is 0 Å². The van der Waals surface area contributed by atoms with E-state index in [2.05, 4.69) is 9.97 Å². The molecule has 2 heterocycles. The number of aromatic amines is 1. The summed E-state index contributed by atoms with van der Waals surface area (Å²) in [6, 6.07) is 7.73. The molecule has 3 aromatic rings.